The number of fused-ring (bicyclic) bond motifs is 1. The van der Waals surface area contributed by atoms with Crippen molar-refractivity contribution in [2.24, 2.45) is 0 Å². The maximum Gasteiger partial charge on any atom is 0.305 e. The molecule has 16 heavy (non-hydrogen) atoms. The topological polar surface area (TPSA) is 42.2 Å². The summed E-state index contributed by atoms with van der Waals surface area (Å²) in [7, 11) is 0. The van der Waals surface area contributed by atoms with Gasteiger partial charge in [0.15, 0.2) is 0 Å². The summed E-state index contributed by atoms with van der Waals surface area (Å²) < 4.78 is 1.91. The van der Waals surface area contributed by atoms with Crippen LogP contribution in [0.1, 0.15) is 19.4 Å². The maximum absolute atomic E-state index is 10.7. The van der Waals surface area contributed by atoms with Gasteiger partial charge < -0.3 is 9.67 Å². The van der Waals surface area contributed by atoms with Crippen LogP contribution < -0.4 is 0 Å². The Hall–Kier alpha value is -1.48. The number of carboxylic acids is 1. The van der Waals surface area contributed by atoms with Crippen LogP contribution in [0.3, 0.4) is 0 Å². The third-order valence-corrected chi connectivity index (χ3v) is 2.94. The van der Waals surface area contributed by atoms with Gasteiger partial charge in [-0.15, -0.1) is 0 Å². The van der Waals surface area contributed by atoms with Gasteiger partial charge in [-0.1, -0.05) is 23.7 Å². The van der Waals surface area contributed by atoms with E-state index < -0.39 is 5.97 Å². The van der Waals surface area contributed by atoms with Crippen LogP contribution in [0.5, 0.6) is 0 Å². The number of carbonyl (C=O) groups is 1. The van der Waals surface area contributed by atoms with E-state index in [1.54, 1.807) is 0 Å². The van der Waals surface area contributed by atoms with Gasteiger partial charge in [-0.2, -0.15) is 0 Å². The van der Waals surface area contributed by atoms with Gasteiger partial charge in [-0.25, -0.2) is 0 Å². The molecule has 2 aromatic rings. The number of aromatic nitrogens is 1. The van der Waals surface area contributed by atoms with Crippen molar-refractivity contribution in [3.8, 4) is 0 Å². The minimum absolute atomic E-state index is 0.0923. The summed E-state index contributed by atoms with van der Waals surface area (Å²) in [4.78, 5) is 10.7. The lowest BCUT2D eigenvalue weighted by Crippen LogP contribution is -2.09. The van der Waals surface area contributed by atoms with Gasteiger partial charge in [0.1, 0.15) is 0 Å². The lowest BCUT2D eigenvalue weighted by atomic mass is 10.2. The number of rotatable bonds is 3. The highest BCUT2D eigenvalue weighted by molar-refractivity contribution is 6.35. The van der Waals surface area contributed by atoms with E-state index in [0.29, 0.717) is 5.02 Å². The van der Waals surface area contributed by atoms with Gasteiger partial charge in [-0.3, -0.25) is 4.79 Å². The van der Waals surface area contributed by atoms with E-state index in [0.717, 1.165) is 10.9 Å². The van der Waals surface area contributed by atoms with E-state index in [-0.39, 0.29) is 12.5 Å². The van der Waals surface area contributed by atoms with E-state index >= 15 is 0 Å². The molecule has 1 heterocycles. The molecular weight excluding hydrogens is 226 g/mol. The largest absolute Gasteiger partial charge is 0.481 e. The zero-order valence-corrected chi connectivity index (χ0v) is 9.61. The molecule has 0 aliphatic carbocycles. The number of hydrogen-bond donors (Lipinski definition) is 1. The SMILES string of the molecule is CC(CC(=O)O)n1ccc2cccc(Cl)c21. The van der Waals surface area contributed by atoms with Crippen molar-refractivity contribution in [2.45, 2.75) is 19.4 Å². The van der Waals surface area contributed by atoms with Crippen molar-refractivity contribution in [3.63, 3.8) is 0 Å². The molecule has 1 aromatic heterocycles. The smallest absolute Gasteiger partial charge is 0.305 e. The van der Waals surface area contributed by atoms with Crippen molar-refractivity contribution < 1.29 is 9.90 Å². The fourth-order valence-electron chi connectivity index (χ4n) is 1.89. The first-order valence-electron chi connectivity index (χ1n) is 5.06. The minimum Gasteiger partial charge on any atom is -0.481 e. The molecule has 0 radical (unpaired) electrons. The summed E-state index contributed by atoms with van der Waals surface area (Å²) in [6.45, 7) is 1.87. The Morgan fingerprint density at radius 2 is 2.25 bits per heavy atom. The first-order chi connectivity index (χ1) is 7.59. The second-order valence-corrected chi connectivity index (χ2v) is 4.25. The predicted octanol–water partition coefficient (Wildman–Crippen LogP) is 3.33. The van der Waals surface area contributed by atoms with Crippen LogP contribution in [0.15, 0.2) is 30.5 Å². The van der Waals surface area contributed by atoms with Gasteiger partial charge in [0.2, 0.25) is 0 Å². The summed E-state index contributed by atoms with van der Waals surface area (Å²) in [5.41, 5.74) is 0.901. The van der Waals surface area contributed by atoms with Gasteiger partial charge in [0.05, 0.1) is 17.0 Å². The Balaban J connectivity index is 2.48. The highest BCUT2D eigenvalue weighted by atomic mass is 35.5. The van der Waals surface area contributed by atoms with Crippen LogP contribution in [0.25, 0.3) is 10.9 Å². The fraction of sp³-hybridized carbons (Fsp3) is 0.250. The number of halogens is 1. The Labute approximate surface area is 98.3 Å². The van der Waals surface area contributed by atoms with Crippen molar-refractivity contribution in [1.29, 1.82) is 0 Å². The molecule has 0 spiro atoms. The molecule has 0 saturated heterocycles. The third-order valence-electron chi connectivity index (χ3n) is 2.64. The van der Waals surface area contributed by atoms with Crippen molar-refractivity contribution >= 4 is 28.5 Å². The Bertz CT molecular complexity index is 533. The van der Waals surface area contributed by atoms with Gasteiger partial charge in [-0.05, 0) is 19.1 Å². The summed E-state index contributed by atoms with van der Waals surface area (Å²) >= 11 is 6.12. The van der Waals surface area contributed by atoms with Crippen LogP contribution in [0.2, 0.25) is 5.02 Å². The highest BCUT2D eigenvalue weighted by Gasteiger charge is 2.13. The molecule has 1 aromatic carbocycles. The average molecular weight is 238 g/mol. The van der Waals surface area contributed by atoms with Crippen molar-refractivity contribution in [3.05, 3.63) is 35.5 Å². The fourth-order valence-corrected chi connectivity index (χ4v) is 2.17. The number of para-hydroxylation sites is 1. The molecule has 0 aliphatic rings. The molecule has 0 fully saturated rings. The average Bonchev–Trinajstić information content (AvgIpc) is 2.61. The Morgan fingerprint density at radius 1 is 1.50 bits per heavy atom. The van der Waals surface area contributed by atoms with E-state index in [2.05, 4.69) is 0 Å². The molecule has 84 valence electrons. The number of carboxylic acid groups (broad SMARTS) is 1. The summed E-state index contributed by atoms with van der Waals surface area (Å²) in [6.07, 6.45) is 1.97. The number of hydrogen-bond acceptors (Lipinski definition) is 1. The summed E-state index contributed by atoms with van der Waals surface area (Å²) in [6, 6.07) is 7.50. The number of benzene rings is 1. The van der Waals surface area contributed by atoms with Crippen LogP contribution in [0.4, 0.5) is 0 Å². The quantitative estimate of drug-likeness (QED) is 0.890. The molecule has 0 aliphatic heterocycles. The molecular formula is C12H12ClNO2. The lowest BCUT2D eigenvalue weighted by molar-refractivity contribution is -0.137. The van der Waals surface area contributed by atoms with Gasteiger partial charge in [0, 0.05) is 17.6 Å². The van der Waals surface area contributed by atoms with E-state index in [1.807, 2.05) is 42.0 Å². The second-order valence-electron chi connectivity index (χ2n) is 3.85. The molecule has 0 bridgehead atoms. The zero-order chi connectivity index (χ0) is 11.7. The normalized spacial score (nSPS) is 12.9. The molecule has 1 atom stereocenters. The second kappa shape index (κ2) is 4.18. The summed E-state index contributed by atoms with van der Waals surface area (Å²) in [5, 5.41) is 10.5. The molecule has 0 amide bonds. The Kier molecular flexibility index (Phi) is 2.88. The van der Waals surface area contributed by atoms with Crippen LogP contribution in [-0.4, -0.2) is 15.6 Å². The molecule has 1 N–H and O–H groups in total. The molecule has 3 nitrogen and oxygen atoms in total. The Morgan fingerprint density at radius 3 is 2.94 bits per heavy atom. The molecule has 0 saturated carbocycles. The first kappa shape index (κ1) is 11.0. The monoisotopic (exact) mass is 237 g/mol. The zero-order valence-electron chi connectivity index (χ0n) is 8.85. The highest BCUT2D eigenvalue weighted by Crippen LogP contribution is 2.28. The molecule has 2 rings (SSSR count). The van der Waals surface area contributed by atoms with Gasteiger partial charge >= 0.3 is 5.97 Å². The summed E-state index contributed by atoms with van der Waals surface area (Å²) in [5.74, 6) is -0.804. The standard InChI is InChI=1S/C12H12ClNO2/c1-8(7-11(15)16)14-6-5-9-3-2-4-10(13)12(9)14/h2-6,8H,7H2,1H3,(H,15,16). The van der Waals surface area contributed by atoms with E-state index in [1.165, 1.54) is 0 Å². The van der Waals surface area contributed by atoms with Gasteiger partial charge in [0.25, 0.3) is 0 Å². The van der Waals surface area contributed by atoms with Crippen LogP contribution >= 0.6 is 11.6 Å². The van der Waals surface area contributed by atoms with E-state index in [9.17, 15) is 4.79 Å². The molecule has 4 heteroatoms. The third kappa shape index (κ3) is 1.91. The van der Waals surface area contributed by atoms with Crippen molar-refractivity contribution in [2.75, 3.05) is 0 Å². The lowest BCUT2D eigenvalue weighted by Gasteiger charge is -2.13. The predicted molar refractivity (Wildman–Crippen MR) is 63.9 cm³/mol. The van der Waals surface area contributed by atoms with Crippen LogP contribution in [-0.2, 0) is 4.79 Å². The number of nitrogens with zero attached hydrogens (tertiary/aromatic N) is 1. The minimum atomic E-state index is -0.804. The molecule has 1 unspecified atom stereocenters. The van der Waals surface area contributed by atoms with Crippen molar-refractivity contribution in [1.82, 2.24) is 4.57 Å². The number of aliphatic carboxylic acids is 1. The maximum atomic E-state index is 10.7. The van der Waals surface area contributed by atoms with E-state index in [4.69, 9.17) is 16.7 Å². The first-order valence-corrected chi connectivity index (χ1v) is 5.44. The van der Waals surface area contributed by atoms with Crippen LogP contribution in [0, 0.1) is 0 Å².